The molecular formula is C20H15F3N4O4. The molecule has 3 heterocycles. The zero-order valence-electron chi connectivity index (χ0n) is 16.3. The molecule has 4 rings (SSSR count). The Hall–Kier alpha value is -3.89. The average Bonchev–Trinajstić information content (AvgIpc) is 3.40. The van der Waals surface area contributed by atoms with Crippen molar-refractivity contribution in [3.05, 3.63) is 59.9 Å². The highest BCUT2D eigenvalue weighted by Crippen LogP contribution is 2.37. The summed E-state index contributed by atoms with van der Waals surface area (Å²) >= 11 is 0. The molecule has 0 fully saturated rings. The molecule has 11 heteroatoms. The van der Waals surface area contributed by atoms with Gasteiger partial charge >= 0.3 is 12.1 Å². The second-order valence-corrected chi connectivity index (χ2v) is 6.41. The summed E-state index contributed by atoms with van der Waals surface area (Å²) in [7, 11) is 1.30. The summed E-state index contributed by atoms with van der Waals surface area (Å²) in [5.74, 6) is -0.00189. The molecule has 0 radical (unpaired) electrons. The van der Waals surface area contributed by atoms with Crippen molar-refractivity contribution < 1.29 is 32.0 Å². The number of aromatic nitrogens is 4. The molecule has 160 valence electrons. The molecule has 0 aliphatic rings. The van der Waals surface area contributed by atoms with Gasteiger partial charge in [0.25, 0.3) is 5.88 Å². The summed E-state index contributed by atoms with van der Waals surface area (Å²) < 4.78 is 56.1. The fraction of sp³-hybridized carbons (Fsp3) is 0.200. The quantitative estimate of drug-likeness (QED) is 0.428. The molecule has 0 aliphatic heterocycles. The van der Waals surface area contributed by atoms with Gasteiger partial charge in [-0.3, -0.25) is 4.40 Å². The smallest absolute Gasteiger partial charge is 0.437 e. The molecule has 0 unspecified atom stereocenters. The molecule has 8 nitrogen and oxygen atoms in total. The summed E-state index contributed by atoms with van der Waals surface area (Å²) in [5, 5.41) is 3.06. The number of imidazole rings is 1. The van der Waals surface area contributed by atoms with E-state index in [1.807, 2.05) is 6.92 Å². The third-order valence-electron chi connectivity index (χ3n) is 4.59. The highest BCUT2D eigenvalue weighted by Gasteiger charge is 2.38. The number of methoxy groups -OCH3 is 1. The van der Waals surface area contributed by atoms with Crippen LogP contribution in [0.1, 0.15) is 28.5 Å². The van der Waals surface area contributed by atoms with Gasteiger partial charge in [-0.25, -0.2) is 14.8 Å². The number of aryl methyl sites for hydroxylation is 1. The average molecular weight is 432 g/mol. The molecule has 0 saturated carbocycles. The van der Waals surface area contributed by atoms with E-state index in [2.05, 4.69) is 19.6 Å². The van der Waals surface area contributed by atoms with Crippen molar-refractivity contribution in [1.29, 1.82) is 0 Å². The van der Waals surface area contributed by atoms with Crippen LogP contribution < -0.4 is 4.74 Å². The van der Waals surface area contributed by atoms with Gasteiger partial charge in [-0.1, -0.05) is 12.1 Å². The van der Waals surface area contributed by atoms with Crippen LogP contribution in [0, 0.1) is 0 Å². The largest absolute Gasteiger partial charge is 0.465 e. The predicted molar refractivity (Wildman–Crippen MR) is 101 cm³/mol. The fourth-order valence-corrected chi connectivity index (χ4v) is 3.14. The van der Waals surface area contributed by atoms with E-state index < -0.39 is 17.8 Å². The lowest BCUT2D eigenvalue weighted by Crippen LogP contribution is -2.07. The van der Waals surface area contributed by atoms with E-state index in [0.717, 1.165) is 6.26 Å². The normalized spacial score (nSPS) is 11.6. The number of rotatable bonds is 5. The number of ether oxygens (including phenoxy) is 2. The Labute approximate surface area is 173 Å². The molecule has 1 aromatic carbocycles. The van der Waals surface area contributed by atoms with E-state index in [0.29, 0.717) is 23.3 Å². The zero-order valence-corrected chi connectivity index (χ0v) is 16.3. The number of hydrogen-bond donors (Lipinski definition) is 0. The maximum Gasteiger partial charge on any atom is 0.437 e. The Morgan fingerprint density at radius 2 is 2.06 bits per heavy atom. The van der Waals surface area contributed by atoms with Gasteiger partial charge in [0.15, 0.2) is 5.69 Å². The van der Waals surface area contributed by atoms with Crippen molar-refractivity contribution in [2.75, 3.05) is 7.11 Å². The summed E-state index contributed by atoms with van der Waals surface area (Å²) in [5.41, 5.74) is 0.0267. The molecule has 4 aromatic rings. The van der Waals surface area contributed by atoms with Crippen molar-refractivity contribution >= 4 is 11.6 Å². The molecule has 0 amide bonds. The molecule has 0 aliphatic carbocycles. The summed E-state index contributed by atoms with van der Waals surface area (Å²) in [6.45, 7) is 1.88. The van der Waals surface area contributed by atoms with Gasteiger partial charge in [0.05, 0.1) is 30.1 Å². The predicted octanol–water partition coefficient (Wildman–Crippen LogP) is 4.54. The molecule has 0 N–H and O–H groups in total. The molecule has 0 bridgehead atoms. The second-order valence-electron chi connectivity index (χ2n) is 6.41. The van der Waals surface area contributed by atoms with E-state index in [1.54, 1.807) is 18.2 Å². The zero-order chi connectivity index (χ0) is 22.2. The van der Waals surface area contributed by atoms with E-state index in [4.69, 9.17) is 9.47 Å². The van der Waals surface area contributed by atoms with Crippen LogP contribution in [0.4, 0.5) is 13.2 Å². The van der Waals surface area contributed by atoms with Crippen LogP contribution in [0.25, 0.3) is 16.9 Å². The summed E-state index contributed by atoms with van der Waals surface area (Å²) in [6.07, 6.45) is 0.862. The standard InChI is InChI=1S/C20H15F3N4O4/c1-3-11-8-12(4-5-13(11)19(28)29-2)31-18-17-25-9-15(27(17)7-6-24-18)14-10-30-26-16(14)20(21,22)23/h4-10H,3H2,1-2H3. The molecule has 31 heavy (non-hydrogen) atoms. The highest BCUT2D eigenvalue weighted by atomic mass is 19.4. The number of alkyl halides is 3. The van der Waals surface area contributed by atoms with Crippen molar-refractivity contribution in [1.82, 2.24) is 19.5 Å². The van der Waals surface area contributed by atoms with Crippen LogP contribution >= 0.6 is 0 Å². The monoisotopic (exact) mass is 432 g/mol. The van der Waals surface area contributed by atoms with Gasteiger partial charge in [-0.05, 0) is 30.2 Å². The molecule has 3 aromatic heterocycles. The van der Waals surface area contributed by atoms with Gasteiger partial charge in [-0.2, -0.15) is 13.2 Å². The number of benzene rings is 1. The number of halogens is 3. The number of esters is 1. The lowest BCUT2D eigenvalue weighted by molar-refractivity contribution is -0.142. The van der Waals surface area contributed by atoms with Crippen molar-refractivity contribution in [3.8, 4) is 22.9 Å². The maximum atomic E-state index is 13.2. The number of hydrogen-bond acceptors (Lipinski definition) is 7. The first-order valence-corrected chi connectivity index (χ1v) is 9.06. The SMILES string of the molecule is CCc1cc(Oc2nccn3c(-c4conc4C(F)(F)F)cnc23)ccc1C(=O)OC. The second kappa shape index (κ2) is 7.74. The highest BCUT2D eigenvalue weighted by molar-refractivity contribution is 5.91. The summed E-state index contributed by atoms with van der Waals surface area (Å²) in [6, 6.07) is 4.81. The Bertz CT molecular complexity index is 1260. The number of nitrogens with zero attached hydrogens (tertiary/aromatic N) is 4. The third-order valence-corrected chi connectivity index (χ3v) is 4.59. The van der Waals surface area contributed by atoms with Gasteiger partial charge < -0.3 is 14.0 Å². The van der Waals surface area contributed by atoms with Crippen molar-refractivity contribution in [3.63, 3.8) is 0 Å². The first-order valence-electron chi connectivity index (χ1n) is 9.06. The Kier molecular flexibility index (Phi) is 5.09. The molecule has 0 spiro atoms. The lowest BCUT2D eigenvalue weighted by Gasteiger charge is -2.10. The first-order chi connectivity index (χ1) is 14.8. The van der Waals surface area contributed by atoms with E-state index in [1.165, 1.54) is 30.1 Å². The minimum absolute atomic E-state index is 0.0756. The van der Waals surface area contributed by atoms with Gasteiger partial charge in [0, 0.05) is 12.4 Å². The minimum atomic E-state index is -4.68. The van der Waals surface area contributed by atoms with Crippen LogP contribution in [0.2, 0.25) is 0 Å². The molecular weight excluding hydrogens is 417 g/mol. The van der Waals surface area contributed by atoms with Gasteiger partial charge in [0.1, 0.15) is 12.0 Å². The van der Waals surface area contributed by atoms with Crippen LogP contribution in [-0.2, 0) is 17.3 Å². The maximum absolute atomic E-state index is 13.2. The van der Waals surface area contributed by atoms with E-state index >= 15 is 0 Å². The Morgan fingerprint density at radius 1 is 1.26 bits per heavy atom. The van der Waals surface area contributed by atoms with E-state index in [-0.39, 0.29) is 22.8 Å². The van der Waals surface area contributed by atoms with Crippen molar-refractivity contribution in [2.24, 2.45) is 0 Å². The Balaban J connectivity index is 1.73. The lowest BCUT2D eigenvalue weighted by atomic mass is 10.1. The number of fused-ring (bicyclic) bond motifs is 1. The number of carbonyl (C=O) groups excluding carboxylic acids is 1. The Morgan fingerprint density at radius 3 is 2.77 bits per heavy atom. The summed E-state index contributed by atoms with van der Waals surface area (Å²) in [4.78, 5) is 20.2. The van der Waals surface area contributed by atoms with E-state index in [9.17, 15) is 18.0 Å². The molecule has 0 saturated heterocycles. The number of carbonyl (C=O) groups is 1. The van der Waals surface area contributed by atoms with Crippen LogP contribution in [0.3, 0.4) is 0 Å². The topological polar surface area (TPSA) is 91.8 Å². The van der Waals surface area contributed by atoms with Gasteiger partial charge in [-0.15, -0.1) is 0 Å². The van der Waals surface area contributed by atoms with Crippen LogP contribution in [-0.4, -0.2) is 32.6 Å². The van der Waals surface area contributed by atoms with Crippen LogP contribution in [0.5, 0.6) is 11.6 Å². The van der Waals surface area contributed by atoms with Crippen LogP contribution in [0.15, 0.2) is 47.6 Å². The first kappa shape index (κ1) is 20.4. The third kappa shape index (κ3) is 3.69. The minimum Gasteiger partial charge on any atom is -0.465 e. The fourth-order valence-electron chi connectivity index (χ4n) is 3.14. The van der Waals surface area contributed by atoms with Gasteiger partial charge in [0.2, 0.25) is 5.65 Å². The molecule has 0 atom stereocenters. The van der Waals surface area contributed by atoms with Crippen molar-refractivity contribution in [2.45, 2.75) is 19.5 Å².